The summed E-state index contributed by atoms with van der Waals surface area (Å²) in [5, 5.41) is 5.98. The molecule has 0 N–H and O–H groups in total. The van der Waals surface area contributed by atoms with Crippen molar-refractivity contribution < 1.29 is 23.8 Å². The number of esters is 1. The molecular formula is C21H22N2O5. The molecule has 28 heavy (non-hydrogen) atoms. The summed E-state index contributed by atoms with van der Waals surface area (Å²) in [6, 6.07) is 12.5. The van der Waals surface area contributed by atoms with Crippen LogP contribution in [0, 0.1) is 0 Å². The van der Waals surface area contributed by atoms with Gasteiger partial charge in [-0.3, -0.25) is 9.59 Å². The number of carbonyl (C=O) groups excluding carboxylic acids is 2. The molecule has 2 aromatic carbocycles. The highest BCUT2D eigenvalue weighted by atomic mass is 16.5. The molecule has 1 heterocycles. The minimum Gasteiger partial charge on any atom is -0.497 e. The van der Waals surface area contributed by atoms with E-state index >= 15 is 0 Å². The van der Waals surface area contributed by atoms with E-state index < -0.39 is 5.97 Å². The first-order valence-electron chi connectivity index (χ1n) is 8.81. The third-order valence-corrected chi connectivity index (χ3v) is 4.49. The highest BCUT2D eigenvalue weighted by molar-refractivity contribution is 6.05. The summed E-state index contributed by atoms with van der Waals surface area (Å²) in [6.45, 7) is 2.81. The second-order valence-electron chi connectivity index (χ2n) is 6.36. The van der Waals surface area contributed by atoms with E-state index in [0.29, 0.717) is 29.2 Å². The Morgan fingerprint density at radius 1 is 1.00 bits per heavy atom. The van der Waals surface area contributed by atoms with E-state index in [9.17, 15) is 9.59 Å². The van der Waals surface area contributed by atoms with Crippen LogP contribution in [0.2, 0.25) is 0 Å². The van der Waals surface area contributed by atoms with Crippen molar-refractivity contribution in [2.45, 2.75) is 26.3 Å². The van der Waals surface area contributed by atoms with Crippen molar-refractivity contribution in [1.82, 2.24) is 5.01 Å². The van der Waals surface area contributed by atoms with E-state index in [1.807, 2.05) is 24.3 Å². The Kier molecular flexibility index (Phi) is 5.63. The summed E-state index contributed by atoms with van der Waals surface area (Å²) >= 11 is 0. The predicted octanol–water partition coefficient (Wildman–Crippen LogP) is 3.33. The van der Waals surface area contributed by atoms with Crippen molar-refractivity contribution in [3.63, 3.8) is 0 Å². The number of methoxy groups -OCH3 is 2. The topological polar surface area (TPSA) is 77.4 Å². The third kappa shape index (κ3) is 3.98. The standard InChI is InChI=1S/C21H22N2O5/c1-13(24)23-20(15-5-7-16(26-3)8-6-15)12-19(22-23)18-10-9-17(27-4)11-21(18)28-14(2)25/h5-11,20H,12H2,1-4H3/t20-/m1/s1. The van der Waals surface area contributed by atoms with Crippen LogP contribution in [0.1, 0.15) is 37.4 Å². The van der Waals surface area contributed by atoms with Crippen LogP contribution in [0.15, 0.2) is 47.6 Å². The summed E-state index contributed by atoms with van der Waals surface area (Å²) in [4.78, 5) is 23.7. The molecule has 146 valence electrons. The molecule has 0 spiro atoms. The highest BCUT2D eigenvalue weighted by Gasteiger charge is 2.32. The van der Waals surface area contributed by atoms with Crippen LogP contribution >= 0.6 is 0 Å². The zero-order valence-electron chi connectivity index (χ0n) is 16.3. The number of amides is 1. The minimum absolute atomic E-state index is 0.168. The molecule has 1 aliphatic rings. The fraction of sp³-hybridized carbons (Fsp3) is 0.286. The van der Waals surface area contributed by atoms with Gasteiger partial charge in [-0.1, -0.05) is 12.1 Å². The molecule has 0 fully saturated rings. The molecule has 0 aromatic heterocycles. The molecule has 7 nitrogen and oxygen atoms in total. The number of hydrazone groups is 1. The number of rotatable bonds is 5. The van der Waals surface area contributed by atoms with E-state index in [2.05, 4.69) is 5.10 Å². The van der Waals surface area contributed by atoms with Crippen molar-refractivity contribution in [3.05, 3.63) is 53.6 Å². The van der Waals surface area contributed by atoms with Crippen molar-refractivity contribution in [2.24, 2.45) is 5.10 Å². The first-order chi connectivity index (χ1) is 13.4. The summed E-state index contributed by atoms with van der Waals surface area (Å²) in [6.07, 6.45) is 0.493. The lowest BCUT2D eigenvalue weighted by molar-refractivity contribution is -0.132. The van der Waals surface area contributed by atoms with Gasteiger partial charge in [0.05, 0.1) is 26.0 Å². The molecule has 2 aromatic rings. The zero-order valence-corrected chi connectivity index (χ0v) is 16.3. The molecule has 0 aliphatic carbocycles. The van der Waals surface area contributed by atoms with Crippen molar-refractivity contribution in [3.8, 4) is 17.2 Å². The van der Waals surface area contributed by atoms with Crippen molar-refractivity contribution >= 4 is 17.6 Å². The van der Waals surface area contributed by atoms with Gasteiger partial charge in [-0.25, -0.2) is 5.01 Å². The maximum Gasteiger partial charge on any atom is 0.308 e. The Hall–Kier alpha value is -3.35. The Bertz CT molecular complexity index is 921. The largest absolute Gasteiger partial charge is 0.497 e. The molecule has 0 unspecified atom stereocenters. The van der Waals surface area contributed by atoms with Gasteiger partial charge in [0.25, 0.3) is 0 Å². The van der Waals surface area contributed by atoms with Crippen LogP contribution < -0.4 is 14.2 Å². The van der Waals surface area contributed by atoms with E-state index in [0.717, 1.165) is 11.3 Å². The Morgan fingerprint density at radius 3 is 2.21 bits per heavy atom. The first-order valence-corrected chi connectivity index (χ1v) is 8.81. The maximum absolute atomic E-state index is 12.2. The molecule has 0 saturated carbocycles. The smallest absolute Gasteiger partial charge is 0.308 e. The van der Waals surface area contributed by atoms with Gasteiger partial charge in [-0.05, 0) is 29.8 Å². The second kappa shape index (κ2) is 8.12. The number of nitrogens with zero attached hydrogens (tertiary/aromatic N) is 2. The fourth-order valence-electron chi connectivity index (χ4n) is 3.16. The van der Waals surface area contributed by atoms with E-state index in [1.54, 1.807) is 25.3 Å². The van der Waals surface area contributed by atoms with Crippen LogP contribution in [0.4, 0.5) is 0 Å². The quantitative estimate of drug-likeness (QED) is 0.586. The highest BCUT2D eigenvalue weighted by Crippen LogP contribution is 2.36. The van der Waals surface area contributed by atoms with Gasteiger partial charge in [0.2, 0.25) is 5.91 Å². The lowest BCUT2D eigenvalue weighted by Gasteiger charge is -2.20. The van der Waals surface area contributed by atoms with Gasteiger partial charge < -0.3 is 14.2 Å². The number of carbonyl (C=O) groups is 2. The summed E-state index contributed by atoms with van der Waals surface area (Å²) in [5.41, 5.74) is 2.26. The predicted molar refractivity (Wildman–Crippen MR) is 104 cm³/mol. The summed E-state index contributed by atoms with van der Waals surface area (Å²) in [7, 11) is 3.14. The van der Waals surface area contributed by atoms with Crippen molar-refractivity contribution in [1.29, 1.82) is 0 Å². The number of benzene rings is 2. The third-order valence-electron chi connectivity index (χ3n) is 4.49. The van der Waals surface area contributed by atoms with Crippen LogP contribution in [-0.2, 0) is 9.59 Å². The van der Waals surface area contributed by atoms with E-state index in [4.69, 9.17) is 14.2 Å². The van der Waals surface area contributed by atoms with Crippen LogP contribution in [0.3, 0.4) is 0 Å². The minimum atomic E-state index is -0.441. The Morgan fingerprint density at radius 2 is 1.64 bits per heavy atom. The molecule has 0 radical (unpaired) electrons. The van der Waals surface area contributed by atoms with Gasteiger partial charge in [-0.2, -0.15) is 5.10 Å². The van der Waals surface area contributed by atoms with Gasteiger partial charge in [0.15, 0.2) is 0 Å². The first kappa shape index (κ1) is 19.4. The van der Waals surface area contributed by atoms with Gasteiger partial charge in [-0.15, -0.1) is 0 Å². The number of ether oxygens (including phenoxy) is 3. The Balaban J connectivity index is 1.97. The zero-order chi connectivity index (χ0) is 20.3. The maximum atomic E-state index is 12.2. The number of hydrogen-bond donors (Lipinski definition) is 0. The molecule has 3 rings (SSSR count). The number of hydrogen-bond acceptors (Lipinski definition) is 6. The summed E-state index contributed by atoms with van der Waals surface area (Å²) < 4.78 is 15.8. The average molecular weight is 382 g/mol. The van der Waals surface area contributed by atoms with Gasteiger partial charge >= 0.3 is 5.97 Å². The molecule has 1 amide bonds. The molecule has 1 aliphatic heterocycles. The monoisotopic (exact) mass is 382 g/mol. The average Bonchev–Trinajstić information content (AvgIpc) is 3.13. The summed E-state index contributed by atoms with van der Waals surface area (Å²) in [5.74, 6) is 1.05. The van der Waals surface area contributed by atoms with Crippen LogP contribution in [-0.4, -0.2) is 36.8 Å². The SMILES string of the molecule is COc1ccc([C@H]2CC(c3ccc(OC)cc3OC(C)=O)=NN2C(C)=O)cc1. The molecule has 7 heteroatoms. The molecular weight excluding hydrogens is 360 g/mol. The second-order valence-corrected chi connectivity index (χ2v) is 6.36. The van der Waals surface area contributed by atoms with Crippen molar-refractivity contribution in [2.75, 3.05) is 14.2 Å². The van der Waals surface area contributed by atoms with E-state index in [-0.39, 0.29) is 11.9 Å². The lowest BCUT2D eigenvalue weighted by Crippen LogP contribution is -2.24. The van der Waals surface area contributed by atoms with E-state index in [1.165, 1.54) is 26.0 Å². The van der Waals surface area contributed by atoms with Crippen LogP contribution in [0.5, 0.6) is 17.2 Å². The molecule has 1 atom stereocenters. The van der Waals surface area contributed by atoms with Gasteiger partial charge in [0, 0.05) is 31.9 Å². The van der Waals surface area contributed by atoms with Gasteiger partial charge in [0.1, 0.15) is 17.2 Å². The normalized spacial score (nSPS) is 15.8. The van der Waals surface area contributed by atoms with Crippen LogP contribution in [0.25, 0.3) is 0 Å². The molecule has 0 saturated heterocycles. The lowest BCUT2D eigenvalue weighted by atomic mass is 9.97. The molecule has 0 bridgehead atoms. The Labute approximate surface area is 163 Å². The fourth-order valence-corrected chi connectivity index (χ4v) is 3.16.